The Kier molecular flexibility index (Phi) is 4.78. The van der Waals surface area contributed by atoms with Gasteiger partial charge in [0.1, 0.15) is 10.3 Å². The van der Waals surface area contributed by atoms with E-state index in [1.165, 1.54) is 6.07 Å². The summed E-state index contributed by atoms with van der Waals surface area (Å²) < 4.78 is 28.8. The molecule has 114 valence electrons. The Morgan fingerprint density at radius 1 is 1.38 bits per heavy atom. The zero-order chi connectivity index (χ0) is 15.8. The van der Waals surface area contributed by atoms with Crippen LogP contribution >= 0.6 is 11.6 Å². The fourth-order valence-corrected chi connectivity index (χ4v) is 2.98. The molecule has 2 atom stereocenters. The largest absolute Gasteiger partial charge is 0.598 e. The van der Waals surface area contributed by atoms with Crippen LogP contribution in [0.25, 0.3) is 10.9 Å². The van der Waals surface area contributed by atoms with Crippen LogP contribution in [0.2, 0.25) is 5.02 Å². The third-order valence-corrected chi connectivity index (χ3v) is 5.00. The third-order valence-electron chi connectivity index (χ3n) is 3.10. The van der Waals surface area contributed by atoms with Crippen molar-refractivity contribution < 1.29 is 8.94 Å². The summed E-state index contributed by atoms with van der Waals surface area (Å²) in [5, 5.41) is 0.951. The summed E-state index contributed by atoms with van der Waals surface area (Å²) in [5.74, 6) is -0.455. The second kappa shape index (κ2) is 6.08. The molecule has 0 amide bonds. The van der Waals surface area contributed by atoms with Crippen molar-refractivity contribution in [3.63, 3.8) is 0 Å². The summed E-state index contributed by atoms with van der Waals surface area (Å²) in [6, 6.07) is 4.50. The van der Waals surface area contributed by atoms with Crippen LogP contribution in [-0.4, -0.2) is 14.3 Å². The molecule has 1 N–H and O–H groups in total. The number of nitrogens with one attached hydrogen (secondary N) is 1. The lowest BCUT2D eigenvalue weighted by Gasteiger charge is -2.27. The van der Waals surface area contributed by atoms with Crippen molar-refractivity contribution in [1.29, 1.82) is 0 Å². The Bertz CT molecular complexity index is 660. The molecule has 2 aromatic rings. The molecule has 0 aliphatic carbocycles. The Morgan fingerprint density at radius 3 is 2.67 bits per heavy atom. The molecule has 6 heteroatoms. The maximum Gasteiger partial charge on any atom is 0.150 e. The van der Waals surface area contributed by atoms with E-state index >= 15 is 0 Å². The van der Waals surface area contributed by atoms with E-state index in [0.29, 0.717) is 10.4 Å². The fourth-order valence-electron chi connectivity index (χ4n) is 1.98. The Hall–Kier alpha value is -0.880. The summed E-state index contributed by atoms with van der Waals surface area (Å²) in [6.07, 6.45) is 1.55. The van der Waals surface area contributed by atoms with E-state index in [1.807, 2.05) is 27.7 Å². The van der Waals surface area contributed by atoms with Gasteiger partial charge in [0.05, 0.1) is 6.04 Å². The van der Waals surface area contributed by atoms with Gasteiger partial charge in [-0.2, -0.15) is 0 Å². The van der Waals surface area contributed by atoms with Crippen LogP contribution in [0.1, 0.15) is 39.3 Å². The van der Waals surface area contributed by atoms with Crippen LogP contribution < -0.4 is 4.72 Å². The van der Waals surface area contributed by atoms with E-state index in [4.69, 9.17) is 11.6 Å². The lowest BCUT2D eigenvalue weighted by molar-refractivity contribution is 0.532. The highest BCUT2D eigenvalue weighted by molar-refractivity contribution is 7.90. The van der Waals surface area contributed by atoms with Crippen molar-refractivity contribution in [1.82, 2.24) is 9.71 Å². The van der Waals surface area contributed by atoms with Gasteiger partial charge in [-0.15, -0.1) is 4.72 Å². The zero-order valence-corrected chi connectivity index (χ0v) is 14.0. The van der Waals surface area contributed by atoms with Gasteiger partial charge in [-0.05, 0) is 51.5 Å². The lowest BCUT2D eigenvalue weighted by Crippen LogP contribution is -2.40. The standard InChI is InChI=1S/C15H18ClFN2OS/c1-9(19-21(20)15(2,3)4)11-5-6-18-14-12(11)7-10(16)8-13(14)17/h5-9,19H,1-4H3/t9-,21-/m0/s1. The SMILES string of the molecule is C[C@H](N[S@@+]([O-])C(C)(C)C)c1ccnc2c(F)cc(Cl)cc12. The summed E-state index contributed by atoms with van der Waals surface area (Å²) in [7, 11) is 0. The predicted molar refractivity (Wildman–Crippen MR) is 86.2 cm³/mol. The fraction of sp³-hybridized carbons (Fsp3) is 0.400. The summed E-state index contributed by atoms with van der Waals surface area (Å²) in [6.45, 7) is 7.56. The van der Waals surface area contributed by atoms with Crippen LogP contribution in [0.15, 0.2) is 24.4 Å². The number of nitrogens with zero attached hydrogens (tertiary/aromatic N) is 1. The first-order valence-electron chi connectivity index (χ1n) is 6.62. The van der Waals surface area contributed by atoms with Crippen LogP contribution in [0, 0.1) is 5.82 Å². The molecule has 0 aliphatic heterocycles. The molecular formula is C15H18ClFN2OS. The number of aromatic nitrogens is 1. The Labute approximate surface area is 132 Å². The van der Waals surface area contributed by atoms with E-state index in [9.17, 15) is 8.94 Å². The van der Waals surface area contributed by atoms with Crippen LogP contribution in [0.5, 0.6) is 0 Å². The van der Waals surface area contributed by atoms with Crippen LogP contribution in [-0.2, 0) is 11.4 Å². The molecule has 0 spiro atoms. The molecule has 0 bridgehead atoms. The zero-order valence-electron chi connectivity index (χ0n) is 12.4. The molecule has 0 unspecified atom stereocenters. The number of benzene rings is 1. The first kappa shape index (κ1) is 16.5. The highest BCUT2D eigenvalue weighted by Crippen LogP contribution is 2.29. The Morgan fingerprint density at radius 2 is 2.05 bits per heavy atom. The molecule has 0 aliphatic rings. The van der Waals surface area contributed by atoms with E-state index < -0.39 is 17.2 Å². The maximum atomic E-state index is 13.9. The Balaban J connectivity index is 2.42. The average molecular weight is 329 g/mol. The minimum atomic E-state index is -1.22. The van der Waals surface area contributed by atoms with Gasteiger partial charge < -0.3 is 4.55 Å². The number of fused-ring (bicyclic) bond motifs is 1. The summed E-state index contributed by atoms with van der Waals surface area (Å²) in [5.41, 5.74) is 1.09. The molecule has 3 nitrogen and oxygen atoms in total. The lowest BCUT2D eigenvalue weighted by atomic mass is 10.0. The normalized spacial score (nSPS) is 15.2. The predicted octanol–water partition coefficient (Wildman–Crippen LogP) is 4.14. The van der Waals surface area contributed by atoms with Crippen molar-refractivity contribution in [3.05, 3.63) is 40.8 Å². The van der Waals surface area contributed by atoms with E-state index in [0.717, 1.165) is 5.56 Å². The van der Waals surface area contributed by atoms with Gasteiger partial charge in [-0.25, -0.2) is 4.39 Å². The first-order valence-corrected chi connectivity index (χ1v) is 8.14. The number of rotatable bonds is 3. The van der Waals surface area contributed by atoms with Crippen molar-refractivity contribution in [2.75, 3.05) is 0 Å². The number of halogens is 2. The van der Waals surface area contributed by atoms with Gasteiger partial charge in [0.25, 0.3) is 0 Å². The summed E-state index contributed by atoms with van der Waals surface area (Å²) >= 11 is 4.71. The van der Waals surface area contributed by atoms with Crippen molar-refractivity contribution in [2.24, 2.45) is 0 Å². The number of hydrogen-bond acceptors (Lipinski definition) is 3. The van der Waals surface area contributed by atoms with Crippen molar-refractivity contribution in [3.8, 4) is 0 Å². The topological polar surface area (TPSA) is 48.0 Å². The van der Waals surface area contributed by atoms with Crippen molar-refractivity contribution >= 4 is 33.9 Å². The van der Waals surface area contributed by atoms with Crippen LogP contribution in [0.4, 0.5) is 4.39 Å². The molecule has 0 saturated heterocycles. The summed E-state index contributed by atoms with van der Waals surface area (Å²) in [4.78, 5) is 4.06. The van der Waals surface area contributed by atoms with Gasteiger partial charge in [0.2, 0.25) is 0 Å². The molecule has 1 aromatic heterocycles. The van der Waals surface area contributed by atoms with Gasteiger partial charge in [0.15, 0.2) is 5.82 Å². The van der Waals surface area contributed by atoms with E-state index in [1.54, 1.807) is 18.3 Å². The molecule has 21 heavy (non-hydrogen) atoms. The highest BCUT2D eigenvalue weighted by Gasteiger charge is 2.28. The third kappa shape index (κ3) is 3.66. The number of pyridine rings is 1. The first-order chi connectivity index (χ1) is 9.70. The second-order valence-corrected chi connectivity index (χ2v) is 8.34. The van der Waals surface area contributed by atoms with Gasteiger partial charge in [0, 0.05) is 28.0 Å². The maximum absolute atomic E-state index is 13.9. The molecule has 1 aromatic carbocycles. The molecule has 0 saturated carbocycles. The molecule has 2 rings (SSSR count). The van der Waals surface area contributed by atoms with Gasteiger partial charge in [-0.3, -0.25) is 4.98 Å². The smallest absolute Gasteiger partial charge is 0.150 e. The average Bonchev–Trinajstić information content (AvgIpc) is 2.36. The highest BCUT2D eigenvalue weighted by atomic mass is 35.5. The van der Waals surface area contributed by atoms with Crippen LogP contribution in [0.3, 0.4) is 0 Å². The van der Waals surface area contributed by atoms with E-state index in [-0.39, 0.29) is 16.3 Å². The quantitative estimate of drug-likeness (QED) is 0.861. The molecular weight excluding hydrogens is 311 g/mol. The van der Waals surface area contributed by atoms with E-state index in [2.05, 4.69) is 9.71 Å². The van der Waals surface area contributed by atoms with Gasteiger partial charge in [-0.1, -0.05) is 11.6 Å². The van der Waals surface area contributed by atoms with Gasteiger partial charge >= 0.3 is 0 Å². The molecule has 0 fully saturated rings. The molecule has 0 radical (unpaired) electrons. The minimum absolute atomic E-state index is 0.214. The minimum Gasteiger partial charge on any atom is -0.598 e. The second-order valence-electron chi connectivity index (χ2n) is 5.90. The number of hydrogen-bond donors (Lipinski definition) is 1. The van der Waals surface area contributed by atoms with Crippen molar-refractivity contribution in [2.45, 2.75) is 38.5 Å². The molecule has 1 heterocycles. The monoisotopic (exact) mass is 328 g/mol.